The molecule has 0 aliphatic heterocycles. The number of rotatable bonds is 5. The van der Waals surface area contributed by atoms with Crippen molar-refractivity contribution in [3.05, 3.63) is 30.2 Å². The van der Waals surface area contributed by atoms with E-state index in [0.717, 1.165) is 11.4 Å². The van der Waals surface area contributed by atoms with Crippen LogP contribution in [0.2, 0.25) is 0 Å². The van der Waals surface area contributed by atoms with E-state index >= 15 is 0 Å². The third-order valence-corrected chi connectivity index (χ3v) is 2.59. The zero-order chi connectivity index (χ0) is 13.0. The van der Waals surface area contributed by atoms with Gasteiger partial charge in [-0.05, 0) is 38.2 Å². The lowest BCUT2D eigenvalue weighted by atomic mass is 10.3. The zero-order valence-corrected chi connectivity index (χ0v) is 10.6. The average Bonchev–Trinajstić information content (AvgIpc) is 2.87. The quantitative estimate of drug-likeness (QED) is 0.844. The summed E-state index contributed by atoms with van der Waals surface area (Å²) in [5, 5.41) is 13.9. The molecule has 0 saturated carbocycles. The number of anilines is 2. The number of ether oxygens (including phenoxy) is 1. The number of hydrogen-bond acceptors (Lipinski definition) is 6. The first-order chi connectivity index (χ1) is 8.72. The van der Waals surface area contributed by atoms with E-state index in [2.05, 4.69) is 20.8 Å². The summed E-state index contributed by atoms with van der Waals surface area (Å²) < 4.78 is 10.6. The molecular weight excluding hydrogens is 232 g/mol. The molecule has 1 heterocycles. The van der Waals surface area contributed by atoms with Gasteiger partial charge in [0.25, 0.3) is 0 Å². The molecule has 0 radical (unpaired) electrons. The summed E-state index contributed by atoms with van der Waals surface area (Å²) in [7, 11) is 3.47. The third-order valence-electron chi connectivity index (χ3n) is 2.59. The minimum Gasteiger partial charge on any atom is -0.497 e. The smallest absolute Gasteiger partial charge is 0.320 e. The van der Waals surface area contributed by atoms with Crippen molar-refractivity contribution in [2.24, 2.45) is 0 Å². The molecule has 18 heavy (non-hydrogen) atoms. The lowest BCUT2D eigenvalue weighted by Gasteiger charge is -2.04. The number of methoxy groups -OCH3 is 1. The van der Waals surface area contributed by atoms with Crippen LogP contribution in [0.3, 0.4) is 0 Å². The Morgan fingerprint density at radius 2 is 1.94 bits per heavy atom. The van der Waals surface area contributed by atoms with E-state index in [-0.39, 0.29) is 6.04 Å². The van der Waals surface area contributed by atoms with Gasteiger partial charge in [-0.3, -0.25) is 0 Å². The lowest BCUT2D eigenvalue weighted by molar-refractivity contribution is 0.415. The van der Waals surface area contributed by atoms with Gasteiger partial charge in [0.1, 0.15) is 5.75 Å². The second kappa shape index (κ2) is 5.50. The van der Waals surface area contributed by atoms with E-state index in [1.165, 1.54) is 0 Å². The van der Waals surface area contributed by atoms with Crippen LogP contribution in [0.4, 0.5) is 11.7 Å². The molecule has 2 N–H and O–H groups in total. The second-order valence-electron chi connectivity index (χ2n) is 3.81. The van der Waals surface area contributed by atoms with Gasteiger partial charge in [0.2, 0.25) is 5.89 Å². The summed E-state index contributed by atoms with van der Waals surface area (Å²) in [5.74, 6) is 1.35. The molecule has 1 aromatic heterocycles. The molecule has 6 nitrogen and oxygen atoms in total. The van der Waals surface area contributed by atoms with E-state index in [9.17, 15) is 0 Å². The molecule has 96 valence electrons. The van der Waals surface area contributed by atoms with Gasteiger partial charge < -0.3 is 19.8 Å². The molecule has 2 rings (SSSR count). The predicted molar refractivity (Wildman–Crippen MR) is 68.0 cm³/mol. The number of aromatic nitrogens is 2. The monoisotopic (exact) mass is 248 g/mol. The first-order valence-corrected chi connectivity index (χ1v) is 5.64. The summed E-state index contributed by atoms with van der Waals surface area (Å²) in [6.07, 6.45) is 0. The highest BCUT2D eigenvalue weighted by atomic mass is 16.5. The average molecular weight is 248 g/mol. The van der Waals surface area contributed by atoms with Crippen molar-refractivity contribution in [1.82, 2.24) is 15.5 Å². The molecule has 0 amide bonds. The van der Waals surface area contributed by atoms with Gasteiger partial charge in [0, 0.05) is 5.69 Å². The highest BCUT2D eigenvalue weighted by Gasteiger charge is 2.11. The summed E-state index contributed by atoms with van der Waals surface area (Å²) in [6.45, 7) is 1.95. The lowest BCUT2D eigenvalue weighted by Crippen LogP contribution is -2.12. The maximum Gasteiger partial charge on any atom is 0.320 e. The van der Waals surface area contributed by atoms with Crippen LogP contribution in [0.5, 0.6) is 5.75 Å². The van der Waals surface area contributed by atoms with Crippen molar-refractivity contribution in [2.75, 3.05) is 19.5 Å². The first kappa shape index (κ1) is 12.4. The van der Waals surface area contributed by atoms with Crippen molar-refractivity contribution in [1.29, 1.82) is 0 Å². The van der Waals surface area contributed by atoms with Gasteiger partial charge in [-0.15, -0.1) is 5.10 Å². The van der Waals surface area contributed by atoms with Crippen LogP contribution in [0.1, 0.15) is 18.9 Å². The minimum atomic E-state index is 0.0314. The van der Waals surface area contributed by atoms with Crippen molar-refractivity contribution >= 4 is 11.7 Å². The molecule has 6 heteroatoms. The minimum absolute atomic E-state index is 0.0314. The first-order valence-electron chi connectivity index (χ1n) is 5.64. The molecule has 0 bridgehead atoms. The zero-order valence-electron chi connectivity index (χ0n) is 10.6. The molecular formula is C12H16N4O2. The molecule has 0 fully saturated rings. The number of hydrogen-bond donors (Lipinski definition) is 2. The molecule has 1 atom stereocenters. The van der Waals surface area contributed by atoms with E-state index in [0.29, 0.717) is 11.9 Å². The van der Waals surface area contributed by atoms with Crippen LogP contribution in [0.15, 0.2) is 28.7 Å². The van der Waals surface area contributed by atoms with Crippen molar-refractivity contribution < 1.29 is 9.15 Å². The van der Waals surface area contributed by atoms with Crippen LogP contribution in [-0.4, -0.2) is 24.4 Å². The van der Waals surface area contributed by atoms with Gasteiger partial charge >= 0.3 is 6.01 Å². The van der Waals surface area contributed by atoms with E-state index < -0.39 is 0 Å². The van der Waals surface area contributed by atoms with Crippen LogP contribution in [-0.2, 0) is 0 Å². The largest absolute Gasteiger partial charge is 0.497 e. The van der Waals surface area contributed by atoms with Gasteiger partial charge in [-0.1, -0.05) is 5.10 Å². The Bertz CT molecular complexity index is 495. The summed E-state index contributed by atoms with van der Waals surface area (Å²) in [4.78, 5) is 0. The van der Waals surface area contributed by atoms with Crippen LogP contribution >= 0.6 is 0 Å². The summed E-state index contributed by atoms with van der Waals surface area (Å²) in [6, 6.07) is 7.88. The van der Waals surface area contributed by atoms with Crippen molar-refractivity contribution in [3.63, 3.8) is 0 Å². The Morgan fingerprint density at radius 3 is 2.56 bits per heavy atom. The van der Waals surface area contributed by atoms with Crippen LogP contribution < -0.4 is 15.4 Å². The van der Waals surface area contributed by atoms with Crippen molar-refractivity contribution in [2.45, 2.75) is 13.0 Å². The Labute approximate surface area is 105 Å². The highest BCUT2D eigenvalue weighted by molar-refractivity contribution is 5.53. The maximum absolute atomic E-state index is 5.47. The SMILES string of the molecule is CNC(C)c1nnc(Nc2ccc(OC)cc2)o1. The Hall–Kier alpha value is -2.08. The Kier molecular flexibility index (Phi) is 3.78. The van der Waals surface area contributed by atoms with E-state index in [1.807, 2.05) is 38.2 Å². The molecule has 0 spiro atoms. The molecule has 0 aliphatic carbocycles. The molecule has 1 unspecified atom stereocenters. The molecule has 0 aliphatic rings. The fourth-order valence-electron chi connectivity index (χ4n) is 1.38. The Morgan fingerprint density at radius 1 is 1.22 bits per heavy atom. The molecule has 0 saturated heterocycles. The topological polar surface area (TPSA) is 72.2 Å². The standard InChI is InChI=1S/C12H16N4O2/c1-8(13-2)11-15-16-12(18-11)14-9-4-6-10(17-3)7-5-9/h4-8,13H,1-3H3,(H,14,16). The van der Waals surface area contributed by atoms with Crippen LogP contribution in [0, 0.1) is 0 Å². The number of benzene rings is 1. The fourth-order valence-corrected chi connectivity index (χ4v) is 1.38. The third kappa shape index (κ3) is 2.78. The summed E-state index contributed by atoms with van der Waals surface area (Å²) in [5.41, 5.74) is 0.864. The molecule has 1 aromatic carbocycles. The van der Waals surface area contributed by atoms with E-state index in [4.69, 9.17) is 9.15 Å². The number of nitrogens with zero attached hydrogens (tertiary/aromatic N) is 2. The summed E-state index contributed by atoms with van der Waals surface area (Å²) >= 11 is 0. The van der Waals surface area contributed by atoms with Gasteiger partial charge in [-0.25, -0.2) is 0 Å². The molecule has 2 aromatic rings. The van der Waals surface area contributed by atoms with Crippen LogP contribution in [0.25, 0.3) is 0 Å². The van der Waals surface area contributed by atoms with Gasteiger partial charge in [0.05, 0.1) is 13.2 Å². The second-order valence-corrected chi connectivity index (χ2v) is 3.81. The fraction of sp³-hybridized carbons (Fsp3) is 0.333. The van der Waals surface area contributed by atoms with Gasteiger partial charge in [-0.2, -0.15) is 0 Å². The predicted octanol–water partition coefficient (Wildman–Crippen LogP) is 2.10. The maximum atomic E-state index is 5.47. The number of nitrogens with one attached hydrogen (secondary N) is 2. The highest BCUT2D eigenvalue weighted by Crippen LogP contribution is 2.20. The Balaban J connectivity index is 2.06. The van der Waals surface area contributed by atoms with Crippen molar-refractivity contribution in [3.8, 4) is 5.75 Å². The van der Waals surface area contributed by atoms with E-state index in [1.54, 1.807) is 7.11 Å². The van der Waals surface area contributed by atoms with Gasteiger partial charge in [0.15, 0.2) is 0 Å². The normalized spacial score (nSPS) is 12.2.